The molecule has 5 heteroatoms. The normalized spacial score (nSPS) is 16.2. The van der Waals surface area contributed by atoms with Crippen molar-refractivity contribution in [1.29, 1.82) is 0 Å². The van der Waals surface area contributed by atoms with Crippen molar-refractivity contribution < 1.29 is 4.74 Å². The van der Waals surface area contributed by atoms with Gasteiger partial charge in [-0.05, 0) is 74.4 Å². The van der Waals surface area contributed by atoms with E-state index >= 15 is 0 Å². The van der Waals surface area contributed by atoms with E-state index in [1.165, 1.54) is 44.9 Å². The van der Waals surface area contributed by atoms with E-state index in [-0.39, 0.29) is 0 Å². The maximum atomic E-state index is 5.92. The van der Waals surface area contributed by atoms with E-state index in [2.05, 4.69) is 96.5 Å². The van der Waals surface area contributed by atoms with Gasteiger partial charge in [0.2, 0.25) is 0 Å². The zero-order valence-corrected chi connectivity index (χ0v) is 22.2. The van der Waals surface area contributed by atoms with E-state index in [9.17, 15) is 0 Å². The molecule has 0 bridgehead atoms. The van der Waals surface area contributed by atoms with E-state index in [0.29, 0.717) is 6.04 Å². The fourth-order valence-electron chi connectivity index (χ4n) is 5.24. The molecule has 33 heavy (non-hydrogen) atoms. The number of ether oxygens (including phenoxy) is 1. The van der Waals surface area contributed by atoms with Crippen molar-refractivity contribution in [3.05, 3.63) is 80.1 Å². The first-order valence-electron chi connectivity index (χ1n) is 12.2. The Morgan fingerprint density at radius 1 is 1.03 bits per heavy atom. The van der Waals surface area contributed by atoms with Crippen LogP contribution in [0.15, 0.2) is 40.9 Å². The second-order valence-electron chi connectivity index (χ2n) is 9.07. The molecule has 2 heterocycles. The second-order valence-corrected chi connectivity index (χ2v) is 9.99. The van der Waals surface area contributed by atoms with Gasteiger partial charge in [-0.2, -0.15) is 5.10 Å². The van der Waals surface area contributed by atoms with Crippen LogP contribution in [-0.4, -0.2) is 33.9 Å². The van der Waals surface area contributed by atoms with E-state index in [4.69, 9.17) is 9.84 Å². The fourth-order valence-corrected chi connectivity index (χ4v) is 5.92. The maximum absolute atomic E-state index is 5.92. The molecule has 1 aliphatic rings. The number of hydrogen-bond donors (Lipinski definition) is 0. The number of benzene rings is 2. The largest absolute Gasteiger partial charge is 0.380 e. The summed E-state index contributed by atoms with van der Waals surface area (Å²) in [7, 11) is 0. The van der Waals surface area contributed by atoms with Crippen molar-refractivity contribution in [1.82, 2.24) is 14.7 Å². The lowest BCUT2D eigenvalue weighted by molar-refractivity contribution is 0.0511. The topological polar surface area (TPSA) is 30.3 Å². The summed E-state index contributed by atoms with van der Waals surface area (Å²) >= 11 is 3.65. The molecule has 0 saturated carbocycles. The van der Waals surface area contributed by atoms with Crippen LogP contribution in [0, 0.1) is 13.8 Å². The molecule has 0 saturated heterocycles. The molecule has 0 radical (unpaired) electrons. The van der Waals surface area contributed by atoms with Gasteiger partial charge in [0, 0.05) is 41.5 Å². The highest BCUT2D eigenvalue weighted by molar-refractivity contribution is 9.10. The Bertz CT molecular complexity index is 1100. The molecule has 0 N–H and O–H groups in total. The number of fused-ring (bicyclic) bond motifs is 1. The third kappa shape index (κ3) is 4.96. The Morgan fingerprint density at radius 2 is 1.73 bits per heavy atom. The van der Waals surface area contributed by atoms with Crippen LogP contribution in [0.5, 0.6) is 0 Å². The molecule has 1 aliphatic heterocycles. The van der Waals surface area contributed by atoms with Gasteiger partial charge >= 0.3 is 0 Å². The molecule has 4 rings (SSSR count). The third-order valence-electron chi connectivity index (χ3n) is 6.85. The summed E-state index contributed by atoms with van der Waals surface area (Å²) < 4.78 is 9.26. The predicted molar refractivity (Wildman–Crippen MR) is 139 cm³/mol. The summed E-state index contributed by atoms with van der Waals surface area (Å²) in [5.41, 5.74) is 10.5. The molecule has 2 aromatic carbocycles. The van der Waals surface area contributed by atoms with Gasteiger partial charge in [-0.15, -0.1) is 0 Å². The summed E-state index contributed by atoms with van der Waals surface area (Å²) in [6.07, 6.45) is 2.93. The van der Waals surface area contributed by atoms with Crippen LogP contribution < -0.4 is 0 Å². The molecule has 1 aromatic heterocycles. The van der Waals surface area contributed by atoms with Crippen molar-refractivity contribution in [2.75, 3.05) is 13.2 Å². The first-order chi connectivity index (χ1) is 16.0. The molecule has 4 nitrogen and oxygen atoms in total. The van der Waals surface area contributed by atoms with Gasteiger partial charge in [0.05, 0.1) is 18.0 Å². The smallest absolute Gasteiger partial charge is 0.0708 e. The van der Waals surface area contributed by atoms with Crippen molar-refractivity contribution in [2.24, 2.45) is 0 Å². The lowest BCUT2D eigenvalue weighted by Crippen LogP contribution is -2.43. The number of rotatable bonds is 8. The van der Waals surface area contributed by atoms with E-state index in [1.807, 2.05) is 0 Å². The van der Waals surface area contributed by atoms with Crippen molar-refractivity contribution >= 4 is 15.9 Å². The number of nitrogens with zero attached hydrogens (tertiary/aromatic N) is 3. The molecule has 1 atom stereocenters. The SMILES string of the molecule is CCOC[C@H]1Cc2ccccc2CN1Cc1c(CC)nn(-c2c(C)cc(Br)cc2C)c1CC. The zero-order chi connectivity index (χ0) is 23.5. The van der Waals surface area contributed by atoms with Crippen molar-refractivity contribution in [3.63, 3.8) is 0 Å². The Kier molecular flexibility index (Phi) is 7.72. The highest BCUT2D eigenvalue weighted by atomic mass is 79.9. The lowest BCUT2D eigenvalue weighted by Gasteiger charge is -2.37. The van der Waals surface area contributed by atoms with Gasteiger partial charge in [-0.3, -0.25) is 4.90 Å². The van der Waals surface area contributed by atoms with Gasteiger partial charge in [-0.25, -0.2) is 4.68 Å². The first-order valence-corrected chi connectivity index (χ1v) is 13.0. The Morgan fingerprint density at radius 3 is 2.36 bits per heavy atom. The molecule has 0 amide bonds. The zero-order valence-electron chi connectivity index (χ0n) is 20.6. The van der Waals surface area contributed by atoms with E-state index in [0.717, 1.165) is 50.0 Å². The molecular weight excluding hydrogens is 474 g/mol. The maximum Gasteiger partial charge on any atom is 0.0708 e. The molecule has 3 aromatic rings. The lowest BCUT2D eigenvalue weighted by atomic mass is 9.93. The Balaban J connectivity index is 1.74. The van der Waals surface area contributed by atoms with Crippen molar-refractivity contribution in [3.8, 4) is 5.69 Å². The number of aromatic nitrogens is 2. The van der Waals surface area contributed by atoms with Crippen LogP contribution in [-0.2, 0) is 37.1 Å². The number of aryl methyl sites for hydroxylation is 3. The highest BCUT2D eigenvalue weighted by Gasteiger charge is 2.29. The predicted octanol–water partition coefficient (Wildman–Crippen LogP) is 6.34. The van der Waals surface area contributed by atoms with Gasteiger partial charge in [0.25, 0.3) is 0 Å². The molecular formula is C28H36BrN3O. The quantitative estimate of drug-likeness (QED) is 0.354. The van der Waals surface area contributed by atoms with Gasteiger partial charge in [0.15, 0.2) is 0 Å². The van der Waals surface area contributed by atoms with Crippen LogP contribution in [0.25, 0.3) is 5.69 Å². The average Bonchev–Trinajstić information content (AvgIpc) is 3.13. The number of hydrogen-bond acceptors (Lipinski definition) is 3. The van der Waals surface area contributed by atoms with E-state index < -0.39 is 0 Å². The van der Waals surface area contributed by atoms with Crippen LogP contribution in [0.2, 0.25) is 0 Å². The molecule has 0 unspecified atom stereocenters. The minimum Gasteiger partial charge on any atom is -0.380 e. The minimum atomic E-state index is 0.383. The first kappa shape index (κ1) is 24.2. The van der Waals surface area contributed by atoms with Crippen LogP contribution >= 0.6 is 15.9 Å². The molecule has 0 aliphatic carbocycles. The monoisotopic (exact) mass is 509 g/mol. The van der Waals surface area contributed by atoms with Gasteiger partial charge in [-0.1, -0.05) is 54.0 Å². The average molecular weight is 511 g/mol. The van der Waals surface area contributed by atoms with E-state index in [1.54, 1.807) is 0 Å². The molecule has 176 valence electrons. The summed E-state index contributed by atoms with van der Waals surface area (Å²) in [5.74, 6) is 0. The van der Waals surface area contributed by atoms with Gasteiger partial charge in [0.1, 0.15) is 0 Å². The standard InChI is InChI=1S/C28H36BrN3O/c1-6-26-25(27(7-2)32(30-26)28-19(4)13-23(29)14-20(28)5)17-31-16-22-12-10-9-11-21(22)15-24(31)18-33-8-3/h9-14,24H,6-8,15-18H2,1-5H3/t24-/m1/s1. The van der Waals surface area contributed by atoms with Crippen LogP contribution in [0.3, 0.4) is 0 Å². The highest BCUT2D eigenvalue weighted by Crippen LogP contribution is 2.31. The second kappa shape index (κ2) is 10.5. The molecule has 0 spiro atoms. The third-order valence-corrected chi connectivity index (χ3v) is 7.31. The Hall–Kier alpha value is -1.95. The summed E-state index contributed by atoms with van der Waals surface area (Å²) in [5, 5.41) is 5.16. The van der Waals surface area contributed by atoms with Crippen LogP contribution in [0.4, 0.5) is 0 Å². The summed E-state index contributed by atoms with van der Waals surface area (Å²) in [6, 6.07) is 13.6. The summed E-state index contributed by atoms with van der Waals surface area (Å²) in [6.45, 7) is 14.3. The minimum absolute atomic E-state index is 0.383. The van der Waals surface area contributed by atoms with Crippen molar-refractivity contribution in [2.45, 2.75) is 73.0 Å². The Labute approximate surface area is 207 Å². The summed E-state index contributed by atoms with van der Waals surface area (Å²) in [4.78, 5) is 2.61. The number of halogens is 1. The fraction of sp³-hybridized carbons (Fsp3) is 0.464. The molecule has 0 fully saturated rings. The van der Waals surface area contributed by atoms with Gasteiger partial charge < -0.3 is 4.74 Å². The van der Waals surface area contributed by atoms with Crippen LogP contribution in [0.1, 0.15) is 60.0 Å².